The van der Waals surface area contributed by atoms with Crippen molar-refractivity contribution in [2.45, 2.75) is 58.2 Å². The van der Waals surface area contributed by atoms with Gasteiger partial charge in [-0.15, -0.1) is 0 Å². The number of nitrogens with zero attached hydrogens (tertiary/aromatic N) is 3. The van der Waals surface area contributed by atoms with Crippen LogP contribution in [-0.2, 0) is 55.0 Å². The van der Waals surface area contributed by atoms with E-state index in [9.17, 15) is 0 Å². The maximum atomic E-state index is 4.82. The average Bonchev–Trinajstić information content (AvgIpc) is 2.85. The van der Waals surface area contributed by atoms with Gasteiger partial charge in [-0.1, -0.05) is 20.8 Å². The van der Waals surface area contributed by atoms with E-state index in [0.29, 0.717) is 31.1 Å². The van der Waals surface area contributed by atoms with Gasteiger partial charge >= 0.3 is 17.1 Å². The summed E-state index contributed by atoms with van der Waals surface area (Å²) >= 11 is 28.9. The molecule has 0 bridgehead atoms. The van der Waals surface area contributed by atoms with Crippen LogP contribution in [0.15, 0.2) is 0 Å². The van der Waals surface area contributed by atoms with Gasteiger partial charge in [0.15, 0.2) is 0 Å². The number of hydrogen-bond acceptors (Lipinski definition) is 12. The number of piperazine rings is 3. The summed E-state index contributed by atoms with van der Waals surface area (Å²) in [5.74, 6) is 0. The Morgan fingerprint density at radius 2 is 0.865 bits per heavy atom. The summed E-state index contributed by atoms with van der Waals surface area (Å²) in [5.41, 5.74) is 9.07. The maximum Gasteiger partial charge on any atom is 3.00 e. The smallest absolute Gasteiger partial charge is 0.410 e. The monoisotopic (exact) mass is 668 g/mol. The zero-order valence-corrected chi connectivity index (χ0v) is 27.9. The third-order valence-electron chi connectivity index (χ3n) is 6.17. The quantitative estimate of drug-likeness (QED) is 0.131. The first-order valence-corrected chi connectivity index (χ1v) is 15.0. The van der Waals surface area contributed by atoms with E-state index in [1.165, 1.54) is 0 Å². The van der Waals surface area contributed by atoms with Gasteiger partial charge in [0.2, 0.25) is 0 Å². The standard InChI is InChI=1S/3C7H15N3S2.Fe/c3*1-2-6-5-8-3-4-10(6)9-7(11)12;/h3*6,8H,2-5H2,1H3,(H2,9,11,12);/q;;;+3/p-3. The van der Waals surface area contributed by atoms with Crippen LogP contribution in [0, 0.1) is 0 Å². The van der Waals surface area contributed by atoms with Gasteiger partial charge in [-0.25, -0.2) is 15.0 Å². The minimum Gasteiger partial charge on any atom is -0.410 e. The van der Waals surface area contributed by atoms with E-state index in [1.807, 2.05) is 0 Å². The molecule has 3 aliphatic rings. The van der Waals surface area contributed by atoms with Crippen molar-refractivity contribution >= 4 is 87.5 Å². The van der Waals surface area contributed by atoms with Crippen molar-refractivity contribution in [2.75, 3.05) is 58.9 Å². The molecule has 3 aliphatic heterocycles. The predicted molar refractivity (Wildman–Crippen MR) is 170 cm³/mol. The zero-order valence-electron chi connectivity index (χ0n) is 21.9. The van der Waals surface area contributed by atoms with Crippen molar-refractivity contribution in [3.8, 4) is 0 Å². The van der Waals surface area contributed by atoms with Crippen LogP contribution in [0.2, 0.25) is 0 Å². The van der Waals surface area contributed by atoms with Crippen LogP contribution in [0.3, 0.4) is 0 Å². The Balaban J connectivity index is 0.000000518. The van der Waals surface area contributed by atoms with Gasteiger partial charge in [0.25, 0.3) is 0 Å². The molecule has 0 saturated carbocycles. The first-order chi connectivity index (χ1) is 17.2. The second kappa shape index (κ2) is 22.3. The molecule has 0 aromatic rings. The second-order valence-corrected chi connectivity index (χ2v) is 11.8. The molecule has 1 radical (unpaired) electrons. The number of thiocarbonyl (C=S) groups is 3. The van der Waals surface area contributed by atoms with Crippen LogP contribution in [0.4, 0.5) is 0 Å². The first kappa shape index (κ1) is 37.6. The van der Waals surface area contributed by atoms with Gasteiger partial charge < -0.3 is 107 Å². The van der Waals surface area contributed by atoms with E-state index in [0.717, 1.165) is 78.2 Å². The third-order valence-corrected chi connectivity index (χ3v) is 6.72. The molecule has 16 heteroatoms. The fraction of sp³-hybridized carbons (Fsp3) is 0.857. The fourth-order valence-electron chi connectivity index (χ4n) is 4.17. The van der Waals surface area contributed by atoms with Gasteiger partial charge in [-0.2, -0.15) is 0 Å². The van der Waals surface area contributed by atoms with Crippen LogP contribution >= 0.6 is 36.7 Å². The van der Waals surface area contributed by atoms with Gasteiger partial charge in [0, 0.05) is 77.0 Å². The van der Waals surface area contributed by atoms with Gasteiger partial charge in [-0.05, 0) is 32.2 Å². The Bertz CT molecular complexity index is 580. The van der Waals surface area contributed by atoms with E-state index in [4.69, 9.17) is 74.5 Å². The first-order valence-electron chi connectivity index (χ1n) is 12.6. The Kier molecular flexibility index (Phi) is 22.7. The zero-order chi connectivity index (χ0) is 26.9. The SMILES string of the molecule is CCC1CNCCN1NC(=S)[S-].CCC1CNCCN1NC(=S)[S-].CCC1CNCCN1NC(=S)[S-].[Fe+3]. The van der Waals surface area contributed by atoms with E-state index >= 15 is 0 Å². The molecule has 0 aliphatic carbocycles. The summed E-state index contributed by atoms with van der Waals surface area (Å²) in [6, 6.07) is 1.54. The molecule has 3 unspecified atom stereocenters. The molecule has 215 valence electrons. The van der Waals surface area contributed by atoms with Crippen molar-refractivity contribution in [1.29, 1.82) is 0 Å². The van der Waals surface area contributed by atoms with Crippen LogP contribution in [-0.4, -0.2) is 105 Å². The molecule has 3 atom stereocenters. The number of nitrogens with one attached hydrogen (secondary N) is 6. The molecule has 3 fully saturated rings. The third kappa shape index (κ3) is 16.5. The molecule has 3 heterocycles. The molecule has 0 aromatic carbocycles. The van der Waals surface area contributed by atoms with Crippen molar-refractivity contribution < 1.29 is 17.1 Å². The Morgan fingerprint density at radius 1 is 0.622 bits per heavy atom. The molecule has 0 aromatic heterocycles. The summed E-state index contributed by atoms with van der Waals surface area (Å²) < 4.78 is 1.32. The molecule has 3 saturated heterocycles. The number of hydrogen-bond donors (Lipinski definition) is 6. The average molecular weight is 669 g/mol. The van der Waals surface area contributed by atoms with Crippen molar-refractivity contribution in [2.24, 2.45) is 0 Å². The number of rotatable bonds is 6. The second-order valence-electron chi connectivity index (χ2n) is 8.58. The van der Waals surface area contributed by atoms with Crippen LogP contribution in [0.1, 0.15) is 40.0 Å². The molecule has 9 nitrogen and oxygen atoms in total. The Labute approximate surface area is 267 Å². The van der Waals surface area contributed by atoms with Gasteiger partial charge in [0.1, 0.15) is 0 Å². The summed E-state index contributed by atoms with van der Waals surface area (Å²) in [4.78, 5) is 0. The number of hydrazine groups is 3. The summed E-state index contributed by atoms with van der Waals surface area (Å²) in [7, 11) is 0. The van der Waals surface area contributed by atoms with E-state index in [2.05, 4.69) is 68.0 Å². The summed E-state index contributed by atoms with van der Waals surface area (Å²) in [6.45, 7) is 15.4. The largest absolute Gasteiger partial charge is 3.00 e. The summed E-state index contributed by atoms with van der Waals surface area (Å²) in [6.07, 6.45) is 3.33. The predicted octanol–water partition coefficient (Wildman–Crippen LogP) is 0.0173. The van der Waals surface area contributed by atoms with Crippen LogP contribution in [0.25, 0.3) is 0 Å². The molecular weight excluding hydrogens is 627 g/mol. The van der Waals surface area contributed by atoms with Crippen molar-refractivity contribution in [3.63, 3.8) is 0 Å². The topological polar surface area (TPSA) is 81.9 Å². The molecular formula is C21H42FeN9S6. The maximum absolute atomic E-state index is 4.82. The van der Waals surface area contributed by atoms with Crippen LogP contribution in [0.5, 0.6) is 0 Å². The van der Waals surface area contributed by atoms with Crippen molar-refractivity contribution in [3.05, 3.63) is 0 Å². The summed E-state index contributed by atoms with van der Waals surface area (Å²) in [5, 5.41) is 16.4. The van der Waals surface area contributed by atoms with Gasteiger partial charge in [-0.3, -0.25) is 0 Å². The molecule has 0 spiro atoms. The van der Waals surface area contributed by atoms with Crippen LogP contribution < -0.4 is 32.2 Å². The molecule has 3 rings (SSSR count). The normalized spacial score (nSPS) is 24.6. The molecule has 0 amide bonds. The molecule has 37 heavy (non-hydrogen) atoms. The van der Waals surface area contributed by atoms with E-state index in [-0.39, 0.29) is 17.1 Å². The fourth-order valence-corrected chi connectivity index (χ4v) is 4.87. The van der Waals surface area contributed by atoms with E-state index < -0.39 is 0 Å². The minimum atomic E-state index is 0. The Hall–Kier alpha value is 0.609. The van der Waals surface area contributed by atoms with Gasteiger partial charge in [0.05, 0.1) is 0 Å². The molecule has 6 N–H and O–H groups in total. The van der Waals surface area contributed by atoms with Crippen molar-refractivity contribution in [1.82, 2.24) is 47.3 Å². The minimum absolute atomic E-state index is 0. The Morgan fingerprint density at radius 3 is 1.05 bits per heavy atom. The van der Waals surface area contributed by atoms with E-state index in [1.54, 1.807) is 0 Å².